The summed E-state index contributed by atoms with van der Waals surface area (Å²) < 4.78 is 0. The second-order valence-corrected chi connectivity index (χ2v) is 3.44. The van der Waals surface area contributed by atoms with Crippen LogP contribution in [-0.4, -0.2) is 0 Å². The predicted molar refractivity (Wildman–Crippen MR) is 68.4 cm³/mol. The molecule has 0 atom stereocenters. The van der Waals surface area contributed by atoms with Gasteiger partial charge in [-0.2, -0.15) is 0 Å². The Kier molecular flexibility index (Phi) is 19.4. The topological polar surface area (TPSA) is 0 Å². The normalized spacial score (nSPS) is 16.1. The molecule has 0 nitrogen and oxygen atoms in total. The van der Waals surface area contributed by atoms with Crippen molar-refractivity contribution in [3.05, 3.63) is 19.1 Å². The van der Waals surface area contributed by atoms with Crippen LogP contribution in [0.25, 0.3) is 0 Å². The van der Waals surface area contributed by atoms with Gasteiger partial charge in [0.2, 0.25) is 0 Å². The van der Waals surface area contributed by atoms with Crippen LogP contribution in [-0.2, 0) is 0 Å². The summed E-state index contributed by atoms with van der Waals surface area (Å²) in [6.07, 6.45) is 6.33. The van der Waals surface area contributed by atoms with E-state index in [9.17, 15) is 0 Å². The van der Waals surface area contributed by atoms with Crippen LogP contribution >= 0.6 is 0 Å². The van der Waals surface area contributed by atoms with Gasteiger partial charge in [-0.15, -0.1) is 17.6 Å². The minimum atomic E-state index is 0. The van der Waals surface area contributed by atoms with Crippen LogP contribution in [0.1, 0.15) is 66.7 Å². The molecule has 0 aromatic rings. The van der Waals surface area contributed by atoms with Gasteiger partial charge >= 0.3 is 51.4 Å². The second kappa shape index (κ2) is 13.4. The van der Waals surface area contributed by atoms with E-state index in [4.69, 9.17) is 0 Å². The number of rotatable bonds is 2. The second-order valence-electron chi connectivity index (χ2n) is 3.44. The van der Waals surface area contributed by atoms with Gasteiger partial charge in [-0.05, 0) is 6.42 Å². The molecule has 86 valence electrons. The van der Waals surface area contributed by atoms with Gasteiger partial charge in [-0.25, -0.2) is 0 Å². The van der Waals surface area contributed by atoms with Gasteiger partial charge in [0.15, 0.2) is 0 Å². The van der Waals surface area contributed by atoms with Crippen molar-refractivity contribution < 1.29 is 51.4 Å². The number of hydrogen-bond acceptors (Lipinski definition) is 0. The first-order valence-electron chi connectivity index (χ1n) is 6.22. The van der Waals surface area contributed by atoms with E-state index in [0.717, 1.165) is 6.42 Å². The summed E-state index contributed by atoms with van der Waals surface area (Å²) in [5.41, 5.74) is 1.61. The van der Waals surface area contributed by atoms with Crippen LogP contribution < -0.4 is 51.4 Å². The minimum Gasteiger partial charge on any atom is -0.333 e. The summed E-state index contributed by atoms with van der Waals surface area (Å²) in [7, 11) is 0. The van der Waals surface area contributed by atoms with E-state index >= 15 is 0 Å². The summed E-state index contributed by atoms with van der Waals surface area (Å²) in [4.78, 5) is 0. The van der Waals surface area contributed by atoms with Crippen LogP contribution in [0.4, 0.5) is 0 Å². The van der Waals surface area contributed by atoms with Crippen LogP contribution in [0.3, 0.4) is 0 Å². The Hall–Kier alpha value is 1.38. The van der Waals surface area contributed by atoms with Crippen LogP contribution in [0.5, 0.6) is 0 Å². The molecule has 0 aliphatic heterocycles. The van der Waals surface area contributed by atoms with Crippen molar-refractivity contribution in [1.29, 1.82) is 0 Å². The van der Waals surface area contributed by atoms with E-state index in [-0.39, 0.29) is 56.8 Å². The smallest absolute Gasteiger partial charge is 0.333 e. The Morgan fingerprint density at radius 3 is 1.73 bits per heavy atom. The van der Waals surface area contributed by atoms with Crippen LogP contribution in [0.15, 0.2) is 12.2 Å². The monoisotopic (exact) mass is 236 g/mol. The molecule has 0 heterocycles. The molecule has 0 spiro atoms. The third-order valence-corrected chi connectivity index (χ3v) is 2.74. The fourth-order valence-electron chi connectivity index (χ4n) is 1.78. The van der Waals surface area contributed by atoms with Crippen LogP contribution in [0, 0.1) is 12.3 Å². The van der Waals surface area contributed by atoms with Gasteiger partial charge in [0.05, 0.1) is 0 Å². The maximum absolute atomic E-state index is 4.24. The van der Waals surface area contributed by atoms with Crippen molar-refractivity contribution in [3.8, 4) is 0 Å². The van der Waals surface area contributed by atoms with Crippen molar-refractivity contribution >= 4 is 0 Å². The number of hydrogen-bond donors (Lipinski definition) is 0. The summed E-state index contributed by atoms with van der Waals surface area (Å²) in [6.45, 7) is 18.5. The Balaban J connectivity index is -0.000000258. The van der Waals surface area contributed by atoms with Crippen molar-refractivity contribution in [2.45, 2.75) is 66.7 Å². The van der Waals surface area contributed by atoms with Crippen LogP contribution in [0.2, 0.25) is 0 Å². The number of allylic oxidation sites excluding steroid dienone is 1. The zero-order valence-electron chi connectivity index (χ0n) is 11.9. The van der Waals surface area contributed by atoms with E-state index in [1.807, 2.05) is 27.7 Å². The summed E-state index contributed by atoms with van der Waals surface area (Å²) in [5.74, 6) is 0. The van der Waals surface area contributed by atoms with Gasteiger partial charge in [0, 0.05) is 0 Å². The van der Waals surface area contributed by atoms with Crippen molar-refractivity contribution in [3.63, 3.8) is 0 Å². The quantitative estimate of drug-likeness (QED) is 0.392. The van der Waals surface area contributed by atoms with E-state index in [1.165, 1.54) is 31.3 Å². The zero-order valence-corrected chi connectivity index (χ0v) is 15.1. The van der Waals surface area contributed by atoms with E-state index in [0.29, 0.717) is 0 Å². The third-order valence-electron chi connectivity index (χ3n) is 2.74. The molecule has 1 heteroatoms. The molecule has 1 rings (SSSR count). The molecule has 0 bridgehead atoms. The van der Waals surface area contributed by atoms with E-state index in [2.05, 4.69) is 20.4 Å². The Morgan fingerprint density at radius 1 is 1.13 bits per heavy atom. The van der Waals surface area contributed by atoms with Gasteiger partial charge < -0.3 is 6.92 Å². The molecule has 0 radical (unpaired) electrons. The van der Waals surface area contributed by atoms with Gasteiger partial charge in [0.25, 0.3) is 0 Å². The first-order valence-corrected chi connectivity index (χ1v) is 6.22. The van der Waals surface area contributed by atoms with Gasteiger partial charge in [0.1, 0.15) is 0 Å². The molecular formula is C14H29K. The first kappa shape index (κ1) is 21.6. The molecule has 0 amide bonds. The van der Waals surface area contributed by atoms with Gasteiger partial charge in [-0.1, -0.05) is 60.3 Å². The van der Waals surface area contributed by atoms with Crippen molar-refractivity contribution in [2.24, 2.45) is 5.41 Å². The molecule has 1 aliphatic rings. The Morgan fingerprint density at radius 2 is 1.47 bits per heavy atom. The first-order chi connectivity index (χ1) is 6.69. The van der Waals surface area contributed by atoms with Gasteiger partial charge in [-0.3, -0.25) is 0 Å². The SMILES string of the molecule is C=C(CC)C1([CH2-])CCCC1.CC.CC.[K+]. The molecular weight excluding hydrogens is 207 g/mol. The predicted octanol–water partition coefficient (Wildman–Crippen LogP) is 2.40. The van der Waals surface area contributed by atoms with Crippen molar-refractivity contribution in [1.82, 2.24) is 0 Å². The largest absolute Gasteiger partial charge is 1.00 e. The average molecular weight is 236 g/mol. The molecule has 15 heavy (non-hydrogen) atoms. The molecule has 1 fully saturated rings. The molecule has 0 aromatic heterocycles. The molecule has 0 unspecified atom stereocenters. The summed E-state index contributed by atoms with van der Waals surface area (Å²) >= 11 is 0. The maximum Gasteiger partial charge on any atom is 1.00 e. The summed E-state index contributed by atoms with van der Waals surface area (Å²) in [6, 6.07) is 0. The molecule has 1 aliphatic carbocycles. The fourth-order valence-corrected chi connectivity index (χ4v) is 1.78. The Labute approximate surface area is 141 Å². The molecule has 0 saturated heterocycles. The van der Waals surface area contributed by atoms with E-state index < -0.39 is 0 Å². The Bertz CT molecular complexity index is 132. The molecule has 0 N–H and O–H groups in total. The zero-order chi connectivity index (χ0) is 11.6. The summed E-state index contributed by atoms with van der Waals surface area (Å²) in [5, 5.41) is 0. The maximum atomic E-state index is 4.24. The fraction of sp³-hybridized carbons (Fsp3) is 0.786. The average Bonchev–Trinajstić information content (AvgIpc) is 2.71. The molecule has 1 saturated carbocycles. The van der Waals surface area contributed by atoms with E-state index in [1.54, 1.807) is 0 Å². The third kappa shape index (κ3) is 8.15. The minimum absolute atomic E-state index is 0. The molecule has 0 aromatic carbocycles. The standard InChI is InChI=1S/C10H17.2C2H6.K/c1-4-9(2)10(3)7-5-6-8-10;2*1-2;/h2-8H2,1H3;2*1-2H3;/q-1;;;+1. The van der Waals surface area contributed by atoms with Crippen molar-refractivity contribution in [2.75, 3.05) is 0 Å².